The second-order valence-electron chi connectivity index (χ2n) is 5.68. The first kappa shape index (κ1) is 17.7. The number of hydrogen-bond acceptors (Lipinski definition) is 5. The van der Waals surface area contributed by atoms with E-state index in [9.17, 15) is 19.7 Å². The zero-order valence-electron chi connectivity index (χ0n) is 13.3. The van der Waals surface area contributed by atoms with Crippen LogP contribution < -0.4 is 10.6 Å². The van der Waals surface area contributed by atoms with Gasteiger partial charge in [0.05, 0.1) is 11.5 Å². The predicted octanol–water partition coefficient (Wildman–Crippen LogP) is 1.65. The second kappa shape index (κ2) is 7.73. The molecule has 0 aromatic heterocycles. The molecule has 2 rings (SSSR count). The third kappa shape index (κ3) is 4.66. The number of anilines is 1. The van der Waals surface area contributed by atoms with Crippen LogP contribution >= 0.6 is 0 Å². The fraction of sp³-hybridized carbons (Fsp3) is 0.467. The summed E-state index contributed by atoms with van der Waals surface area (Å²) in [4.78, 5) is 34.7. The van der Waals surface area contributed by atoms with E-state index in [4.69, 9.17) is 5.11 Å². The maximum absolute atomic E-state index is 11.9. The van der Waals surface area contributed by atoms with Crippen LogP contribution in [0.1, 0.15) is 19.8 Å². The normalized spacial score (nSPS) is 19.4. The molecule has 0 saturated heterocycles. The molecule has 1 aromatic carbocycles. The third-order valence-corrected chi connectivity index (χ3v) is 4.02. The SMILES string of the molecule is CCN(CC(=O)O)C1CC(NC(=O)Nc2cccc([N+](=O)[O-])c2)C1. The van der Waals surface area contributed by atoms with Gasteiger partial charge in [-0.05, 0) is 25.5 Å². The molecular formula is C15H20N4O5. The highest BCUT2D eigenvalue weighted by atomic mass is 16.6. The molecular weight excluding hydrogens is 316 g/mol. The van der Waals surface area contributed by atoms with E-state index in [1.807, 2.05) is 11.8 Å². The Hall–Kier alpha value is -2.68. The number of aliphatic carboxylic acids is 1. The number of carbonyl (C=O) groups is 2. The first-order chi connectivity index (χ1) is 11.4. The Labute approximate surface area is 138 Å². The fourth-order valence-corrected chi connectivity index (χ4v) is 2.73. The Morgan fingerprint density at radius 2 is 2.12 bits per heavy atom. The number of hydrogen-bond donors (Lipinski definition) is 3. The Morgan fingerprint density at radius 1 is 1.42 bits per heavy atom. The smallest absolute Gasteiger partial charge is 0.319 e. The van der Waals surface area contributed by atoms with Crippen molar-refractivity contribution in [2.75, 3.05) is 18.4 Å². The van der Waals surface area contributed by atoms with Gasteiger partial charge < -0.3 is 15.7 Å². The van der Waals surface area contributed by atoms with E-state index >= 15 is 0 Å². The molecule has 0 aliphatic heterocycles. The van der Waals surface area contributed by atoms with Gasteiger partial charge in [0.15, 0.2) is 0 Å². The quantitative estimate of drug-likeness (QED) is 0.513. The first-order valence-electron chi connectivity index (χ1n) is 7.66. The second-order valence-corrected chi connectivity index (χ2v) is 5.68. The summed E-state index contributed by atoms with van der Waals surface area (Å²) in [5, 5.41) is 24.9. The van der Waals surface area contributed by atoms with Crippen LogP contribution in [0.3, 0.4) is 0 Å². The summed E-state index contributed by atoms with van der Waals surface area (Å²) in [6, 6.07) is 5.39. The summed E-state index contributed by atoms with van der Waals surface area (Å²) >= 11 is 0. The number of nitro benzene ring substituents is 1. The highest BCUT2D eigenvalue weighted by molar-refractivity contribution is 5.89. The fourth-order valence-electron chi connectivity index (χ4n) is 2.73. The van der Waals surface area contributed by atoms with Crippen LogP contribution in [0.15, 0.2) is 24.3 Å². The molecule has 9 heteroatoms. The average Bonchev–Trinajstić information content (AvgIpc) is 2.48. The Bertz CT molecular complexity index is 630. The molecule has 0 radical (unpaired) electrons. The Morgan fingerprint density at radius 3 is 2.71 bits per heavy atom. The molecule has 1 fully saturated rings. The van der Waals surface area contributed by atoms with E-state index in [1.165, 1.54) is 18.2 Å². The van der Waals surface area contributed by atoms with Gasteiger partial charge in [-0.2, -0.15) is 0 Å². The van der Waals surface area contributed by atoms with Gasteiger partial charge in [0.1, 0.15) is 0 Å². The molecule has 0 bridgehead atoms. The zero-order valence-corrected chi connectivity index (χ0v) is 13.3. The maximum Gasteiger partial charge on any atom is 0.319 e. The van der Waals surface area contributed by atoms with Gasteiger partial charge in [-0.15, -0.1) is 0 Å². The summed E-state index contributed by atoms with van der Waals surface area (Å²) in [6.07, 6.45) is 1.37. The monoisotopic (exact) mass is 336 g/mol. The van der Waals surface area contributed by atoms with Crippen LogP contribution in [-0.4, -0.2) is 52.1 Å². The van der Waals surface area contributed by atoms with E-state index in [2.05, 4.69) is 10.6 Å². The van der Waals surface area contributed by atoms with Crippen LogP contribution in [0.4, 0.5) is 16.2 Å². The summed E-state index contributed by atoms with van der Waals surface area (Å²) in [6.45, 7) is 2.54. The minimum absolute atomic E-state index is 0.00618. The maximum atomic E-state index is 11.9. The molecule has 1 aromatic rings. The minimum Gasteiger partial charge on any atom is -0.480 e. The van der Waals surface area contributed by atoms with Gasteiger partial charge in [-0.1, -0.05) is 13.0 Å². The van der Waals surface area contributed by atoms with Crippen molar-refractivity contribution in [3.8, 4) is 0 Å². The molecule has 1 aliphatic carbocycles. The van der Waals surface area contributed by atoms with E-state index in [1.54, 1.807) is 6.07 Å². The van der Waals surface area contributed by atoms with E-state index < -0.39 is 16.9 Å². The van der Waals surface area contributed by atoms with Crippen LogP contribution in [0.5, 0.6) is 0 Å². The van der Waals surface area contributed by atoms with Gasteiger partial charge in [-0.25, -0.2) is 4.79 Å². The van der Waals surface area contributed by atoms with Gasteiger partial charge in [0.2, 0.25) is 0 Å². The van der Waals surface area contributed by atoms with Crippen molar-refractivity contribution in [2.45, 2.75) is 31.8 Å². The molecule has 1 saturated carbocycles. The molecule has 9 nitrogen and oxygen atoms in total. The number of nitrogens with zero attached hydrogens (tertiary/aromatic N) is 2. The lowest BCUT2D eigenvalue weighted by Gasteiger charge is -2.42. The number of carboxylic acids is 1. The molecule has 0 atom stereocenters. The van der Waals surface area contributed by atoms with Crippen LogP contribution in [-0.2, 0) is 4.79 Å². The number of nitrogens with one attached hydrogen (secondary N) is 2. The van der Waals surface area contributed by atoms with Crippen molar-refractivity contribution in [2.24, 2.45) is 0 Å². The summed E-state index contributed by atoms with van der Waals surface area (Å²) in [5.41, 5.74) is 0.252. The molecule has 0 spiro atoms. The molecule has 1 aliphatic rings. The molecule has 0 heterocycles. The number of carbonyl (C=O) groups excluding carboxylic acids is 1. The molecule has 3 N–H and O–H groups in total. The number of urea groups is 1. The van der Waals surface area contributed by atoms with Crippen molar-refractivity contribution in [1.82, 2.24) is 10.2 Å². The summed E-state index contributed by atoms with van der Waals surface area (Å²) in [5.74, 6) is -0.864. The van der Waals surface area contributed by atoms with E-state index in [0.29, 0.717) is 25.1 Å². The van der Waals surface area contributed by atoms with Crippen LogP contribution in [0.25, 0.3) is 0 Å². The average molecular weight is 336 g/mol. The number of carboxylic acid groups (broad SMARTS) is 1. The number of nitro groups is 1. The van der Waals surface area contributed by atoms with Crippen molar-refractivity contribution < 1.29 is 19.6 Å². The predicted molar refractivity (Wildman–Crippen MR) is 86.9 cm³/mol. The molecule has 130 valence electrons. The number of rotatable bonds is 7. The molecule has 0 unspecified atom stereocenters. The highest BCUT2D eigenvalue weighted by Crippen LogP contribution is 2.25. The van der Waals surface area contributed by atoms with Gasteiger partial charge >= 0.3 is 12.0 Å². The first-order valence-corrected chi connectivity index (χ1v) is 7.66. The third-order valence-electron chi connectivity index (χ3n) is 4.02. The van der Waals surface area contributed by atoms with E-state index in [0.717, 1.165) is 0 Å². The number of amides is 2. The minimum atomic E-state index is -0.864. The lowest BCUT2D eigenvalue weighted by Crippen LogP contribution is -2.55. The number of benzene rings is 1. The van der Waals surface area contributed by atoms with Gasteiger partial charge in [0, 0.05) is 29.9 Å². The lowest BCUT2D eigenvalue weighted by molar-refractivity contribution is -0.384. The van der Waals surface area contributed by atoms with E-state index in [-0.39, 0.29) is 24.3 Å². The lowest BCUT2D eigenvalue weighted by atomic mass is 9.85. The van der Waals surface area contributed by atoms with Gasteiger partial charge in [0.25, 0.3) is 5.69 Å². The summed E-state index contributed by atoms with van der Waals surface area (Å²) in [7, 11) is 0. The number of non-ortho nitro benzene ring substituents is 1. The van der Waals surface area contributed by atoms with Crippen molar-refractivity contribution in [3.63, 3.8) is 0 Å². The molecule has 2 amide bonds. The zero-order chi connectivity index (χ0) is 17.7. The topological polar surface area (TPSA) is 125 Å². The van der Waals surface area contributed by atoms with Crippen molar-refractivity contribution >= 4 is 23.4 Å². The number of likely N-dealkylation sites (N-methyl/N-ethyl adjacent to an activating group) is 1. The van der Waals surface area contributed by atoms with Crippen molar-refractivity contribution in [3.05, 3.63) is 34.4 Å². The molecule has 24 heavy (non-hydrogen) atoms. The van der Waals surface area contributed by atoms with Crippen LogP contribution in [0, 0.1) is 10.1 Å². The van der Waals surface area contributed by atoms with Crippen LogP contribution in [0.2, 0.25) is 0 Å². The highest BCUT2D eigenvalue weighted by Gasteiger charge is 2.34. The Kier molecular flexibility index (Phi) is 5.69. The largest absolute Gasteiger partial charge is 0.480 e. The van der Waals surface area contributed by atoms with Gasteiger partial charge in [-0.3, -0.25) is 19.8 Å². The Balaban J connectivity index is 1.79. The van der Waals surface area contributed by atoms with Crippen molar-refractivity contribution in [1.29, 1.82) is 0 Å². The standard InChI is InChI=1S/C15H20N4O5/c1-2-18(9-14(20)21)13-7-11(8-13)17-15(22)16-10-4-3-5-12(6-10)19(23)24/h3-6,11,13H,2,7-9H2,1H3,(H,20,21)(H2,16,17,22). The summed E-state index contributed by atoms with van der Waals surface area (Å²) < 4.78 is 0.